The zero-order chi connectivity index (χ0) is 17.7. The third-order valence-corrected chi connectivity index (χ3v) is 6.50. The molecule has 0 unspecified atom stereocenters. The van der Waals surface area contributed by atoms with Crippen molar-refractivity contribution in [1.29, 1.82) is 0 Å². The third-order valence-electron chi connectivity index (χ3n) is 6.50. The second-order valence-corrected chi connectivity index (χ2v) is 8.07. The summed E-state index contributed by atoms with van der Waals surface area (Å²) in [6, 6.07) is 7.08. The van der Waals surface area contributed by atoms with E-state index in [1.807, 2.05) is 0 Å². The van der Waals surface area contributed by atoms with Crippen molar-refractivity contribution in [3.8, 4) is 0 Å². The molecular weight excluding hydrogens is 334 g/mol. The van der Waals surface area contributed by atoms with Crippen LogP contribution < -0.4 is 4.90 Å². The van der Waals surface area contributed by atoms with E-state index in [9.17, 15) is 8.78 Å². The monoisotopic (exact) mass is 360 g/mol. The van der Waals surface area contributed by atoms with Crippen molar-refractivity contribution in [1.82, 2.24) is 14.5 Å². The number of nitrogens with zero attached hydrogens (tertiary/aromatic N) is 4. The fourth-order valence-electron chi connectivity index (χ4n) is 4.60. The maximum atomic E-state index is 13.4. The number of benzene rings is 1. The lowest BCUT2D eigenvalue weighted by molar-refractivity contribution is -0.0220. The minimum Gasteiger partial charge on any atom is -0.371 e. The number of piperidine rings is 1. The van der Waals surface area contributed by atoms with Gasteiger partial charge in [-0.15, -0.1) is 0 Å². The predicted octanol–water partition coefficient (Wildman–Crippen LogP) is 3.68. The van der Waals surface area contributed by atoms with Crippen LogP contribution in [0.5, 0.6) is 0 Å². The number of alkyl halides is 2. The summed E-state index contributed by atoms with van der Waals surface area (Å²) in [5.74, 6) is -1.33. The first-order chi connectivity index (χ1) is 12.6. The molecule has 26 heavy (non-hydrogen) atoms. The number of halogens is 2. The van der Waals surface area contributed by atoms with E-state index < -0.39 is 5.92 Å². The first-order valence-electron chi connectivity index (χ1n) is 9.95. The Kier molecular flexibility index (Phi) is 3.92. The van der Waals surface area contributed by atoms with E-state index in [1.165, 1.54) is 30.6 Å². The van der Waals surface area contributed by atoms with Crippen molar-refractivity contribution in [2.45, 2.75) is 57.0 Å². The Morgan fingerprint density at radius 1 is 1.00 bits per heavy atom. The van der Waals surface area contributed by atoms with Crippen LogP contribution in [-0.4, -0.2) is 52.6 Å². The molecule has 5 rings (SSSR count). The molecule has 0 amide bonds. The highest BCUT2D eigenvalue weighted by Gasteiger charge is 2.34. The standard InChI is InChI=1S/C20H26F2N4/c21-20(22)7-10-25(11-8-20)16-4-5-18-17(14-16)23-19-6-9-24(12-13-26(18)19)15-2-1-3-15/h4-5,14-15H,1-3,6-13H2. The Balaban J connectivity index is 1.37. The summed E-state index contributed by atoms with van der Waals surface area (Å²) in [5.41, 5.74) is 3.21. The fraction of sp³-hybridized carbons (Fsp3) is 0.650. The van der Waals surface area contributed by atoms with Gasteiger partial charge in [0.15, 0.2) is 0 Å². The van der Waals surface area contributed by atoms with E-state index in [-0.39, 0.29) is 12.8 Å². The topological polar surface area (TPSA) is 24.3 Å². The van der Waals surface area contributed by atoms with Crippen LogP contribution in [0.4, 0.5) is 14.5 Å². The van der Waals surface area contributed by atoms with Crippen molar-refractivity contribution in [2.75, 3.05) is 31.1 Å². The average Bonchev–Trinajstić information content (AvgIpc) is 2.80. The Morgan fingerprint density at radius 3 is 2.54 bits per heavy atom. The highest BCUT2D eigenvalue weighted by molar-refractivity contribution is 5.80. The van der Waals surface area contributed by atoms with E-state index in [1.54, 1.807) is 0 Å². The molecule has 1 saturated carbocycles. The third kappa shape index (κ3) is 2.88. The molecule has 2 fully saturated rings. The molecule has 0 spiro atoms. The normalized spacial score (nSPS) is 24.3. The van der Waals surface area contributed by atoms with Gasteiger partial charge in [0, 0.05) is 63.7 Å². The van der Waals surface area contributed by atoms with Gasteiger partial charge in [-0.1, -0.05) is 6.42 Å². The molecule has 140 valence electrons. The Hall–Kier alpha value is -1.69. The van der Waals surface area contributed by atoms with Crippen LogP contribution in [0.3, 0.4) is 0 Å². The van der Waals surface area contributed by atoms with Crippen molar-refractivity contribution >= 4 is 16.7 Å². The molecule has 6 heteroatoms. The minimum absolute atomic E-state index is 0.0538. The molecular formula is C20H26F2N4. The predicted molar refractivity (Wildman–Crippen MR) is 99.0 cm³/mol. The summed E-state index contributed by atoms with van der Waals surface area (Å²) in [6.07, 6.45) is 4.96. The molecule has 1 aliphatic carbocycles. The van der Waals surface area contributed by atoms with Gasteiger partial charge < -0.3 is 9.47 Å². The van der Waals surface area contributed by atoms with Gasteiger partial charge in [0.05, 0.1) is 11.0 Å². The number of fused-ring (bicyclic) bond motifs is 3. The number of aromatic nitrogens is 2. The van der Waals surface area contributed by atoms with Crippen molar-refractivity contribution in [3.63, 3.8) is 0 Å². The summed E-state index contributed by atoms with van der Waals surface area (Å²) in [4.78, 5) is 9.60. The average molecular weight is 360 g/mol. The highest BCUT2D eigenvalue weighted by atomic mass is 19.3. The van der Waals surface area contributed by atoms with Crippen LogP contribution in [-0.2, 0) is 13.0 Å². The first kappa shape index (κ1) is 16.5. The quantitative estimate of drug-likeness (QED) is 0.816. The highest BCUT2D eigenvalue weighted by Crippen LogP contribution is 2.32. The van der Waals surface area contributed by atoms with Gasteiger partial charge in [-0.2, -0.15) is 0 Å². The van der Waals surface area contributed by atoms with Crippen molar-refractivity contribution < 1.29 is 8.78 Å². The second kappa shape index (κ2) is 6.19. The van der Waals surface area contributed by atoms with Crippen LogP contribution in [0.15, 0.2) is 18.2 Å². The number of hydrogen-bond donors (Lipinski definition) is 0. The lowest BCUT2D eigenvalue weighted by atomic mass is 9.91. The number of imidazole rings is 1. The van der Waals surface area contributed by atoms with Crippen LogP contribution in [0.1, 0.15) is 37.9 Å². The second-order valence-electron chi connectivity index (χ2n) is 8.07. The van der Waals surface area contributed by atoms with Crippen molar-refractivity contribution in [2.24, 2.45) is 0 Å². The molecule has 3 aliphatic rings. The molecule has 1 aromatic carbocycles. The molecule has 0 N–H and O–H groups in total. The molecule has 0 bridgehead atoms. The molecule has 3 heterocycles. The van der Waals surface area contributed by atoms with Gasteiger partial charge in [-0.3, -0.25) is 4.90 Å². The minimum atomic E-state index is -2.50. The molecule has 2 aromatic rings. The summed E-state index contributed by atoms with van der Waals surface area (Å²) in [7, 11) is 0. The SMILES string of the molecule is FC1(F)CCN(c2ccc3c(c2)nc2n3CCN(C3CCC3)CC2)CC1. The van der Waals surface area contributed by atoms with Gasteiger partial charge in [-0.05, 0) is 31.0 Å². The summed E-state index contributed by atoms with van der Waals surface area (Å²) in [5, 5.41) is 0. The summed E-state index contributed by atoms with van der Waals surface area (Å²) >= 11 is 0. The molecule has 0 radical (unpaired) electrons. The Bertz CT molecular complexity index is 801. The molecule has 1 aromatic heterocycles. The zero-order valence-corrected chi connectivity index (χ0v) is 15.1. The maximum absolute atomic E-state index is 13.4. The van der Waals surface area contributed by atoms with Gasteiger partial charge >= 0.3 is 0 Å². The number of hydrogen-bond acceptors (Lipinski definition) is 3. The molecule has 1 saturated heterocycles. The largest absolute Gasteiger partial charge is 0.371 e. The Morgan fingerprint density at radius 2 is 1.81 bits per heavy atom. The zero-order valence-electron chi connectivity index (χ0n) is 15.1. The summed E-state index contributed by atoms with van der Waals surface area (Å²) < 4.78 is 29.2. The van der Waals surface area contributed by atoms with Crippen LogP contribution in [0, 0.1) is 0 Å². The van der Waals surface area contributed by atoms with Gasteiger partial charge in [0.2, 0.25) is 0 Å². The molecule has 4 nitrogen and oxygen atoms in total. The van der Waals surface area contributed by atoms with E-state index in [0.29, 0.717) is 13.1 Å². The lowest BCUT2D eigenvalue weighted by Gasteiger charge is -2.36. The van der Waals surface area contributed by atoms with Gasteiger partial charge in [0.1, 0.15) is 5.82 Å². The van der Waals surface area contributed by atoms with Crippen molar-refractivity contribution in [3.05, 3.63) is 24.0 Å². The molecule has 0 atom stereocenters. The number of anilines is 1. The summed E-state index contributed by atoms with van der Waals surface area (Å²) in [6.45, 7) is 4.04. The number of rotatable bonds is 2. The van der Waals surface area contributed by atoms with Gasteiger partial charge in [-0.25, -0.2) is 13.8 Å². The van der Waals surface area contributed by atoms with E-state index in [4.69, 9.17) is 4.98 Å². The van der Waals surface area contributed by atoms with Gasteiger partial charge in [0.25, 0.3) is 5.92 Å². The van der Waals surface area contributed by atoms with E-state index in [2.05, 4.69) is 32.6 Å². The molecule has 2 aliphatic heterocycles. The fourth-order valence-corrected chi connectivity index (χ4v) is 4.60. The Labute approximate surface area is 152 Å². The van der Waals surface area contributed by atoms with Crippen LogP contribution in [0.25, 0.3) is 11.0 Å². The maximum Gasteiger partial charge on any atom is 0.251 e. The smallest absolute Gasteiger partial charge is 0.251 e. The van der Waals surface area contributed by atoms with E-state index in [0.717, 1.165) is 43.3 Å². The first-order valence-corrected chi connectivity index (χ1v) is 9.95. The lowest BCUT2D eigenvalue weighted by Crippen LogP contribution is -2.41. The van der Waals surface area contributed by atoms with Crippen LogP contribution >= 0.6 is 0 Å². The van der Waals surface area contributed by atoms with E-state index >= 15 is 0 Å². The van der Waals surface area contributed by atoms with Crippen LogP contribution in [0.2, 0.25) is 0 Å².